The Balaban J connectivity index is 1.68. The average Bonchev–Trinajstić information content (AvgIpc) is 3.41. The van der Waals surface area contributed by atoms with Crippen LogP contribution in [0.5, 0.6) is 0 Å². The Morgan fingerprint density at radius 2 is 2.00 bits per heavy atom. The van der Waals surface area contributed by atoms with Crippen molar-refractivity contribution in [2.24, 2.45) is 0 Å². The highest BCUT2D eigenvalue weighted by atomic mass is 16.1. The number of nitriles is 1. The molecule has 0 spiro atoms. The quantitative estimate of drug-likeness (QED) is 0.485. The number of aromatic amines is 1. The maximum Gasteiger partial charge on any atom is 0.337 e. The lowest BCUT2D eigenvalue weighted by atomic mass is 10.1. The van der Waals surface area contributed by atoms with Crippen LogP contribution in [0.1, 0.15) is 24.2 Å². The second-order valence-electron chi connectivity index (χ2n) is 6.95. The molecule has 5 rings (SSSR count). The van der Waals surface area contributed by atoms with E-state index < -0.39 is 0 Å². The maximum atomic E-state index is 13.3. The molecule has 0 bridgehead atoms. The minimum Gasteiger partial charge on any atom is -0.361 e. The lowest BCUT2D eigenvalue weighted by Crippen LogP contribution is -2.29. The monoisotopic (exact) mass is 395 g/mol. The van der Waals surface area contributed by atoms with Crippen LogP contribution in [0.4, 0.5) is 5.82 Å². The molecule has 146 valence electrons. The molecule has 1 atom stereocenters. The molecule has 1 unspecified atom stereocenters. The lowest BCUT2D eigenvalue weighted by molar-refractivity contribution is 0.740. The van der Waals surface area contributed by atoms with E-state index in [2.05, 4.69) is 26.3 Å². The first-order valence-electron chi connectivity index (χ1n) is 9.44. The van der Waals surface area contributed by atoms with Crippen molar-refractivity contribution in [2.45, 2.75) is 13.0 Å². The number of benzene rings is 1. The fraction of sp³-hybridized carbons (Fsp3) is 0.0909. The molecule has 0 fully saturated rings. The maximum absolute atomic E-state index is 13.3. The fourth-order valence-electron chi connectivity index (χ4n) is 3.71. The van der Waals surface area contributed by atoms with Gasteiger partial charge in [-0.1, -0.05) is 18.2 Å². The highest BCUT2D eigenvalue weighted by molar-refractivity contribution is 5.92. The van der Waals surface area contributed by atoms with E-state index in [4.69, 9.17) is 0 Å². The summed E-state index contributed by atoms with van der Waals surface area (Å²) in [6.07, 6.45) is 4.81. The molecule has 4 heterocycles. The molecule has 0 radical (unpaired) electrons. The first-order chi connectivity index (χ1) is 14.7. The summed E-state index contributed by atoms with van der Waals surface area (Å²) in [5.41, 5.74) is 3.25. The molecule has 0 saturated carbocycles. The van der Waals surface area contributed by atoms with Gasteiger partial charge >= 0.3 is 5.69 Å². The Kier molecular flexibility index (Phi) is 4.07. The van der Waals surface area contributed by atoms with Gasteiger partial charge in [-0.25, -0.2) is 14.8 Å². The molecule has 0 aliphatic heterocycles. The zero-order chi connectivity index (χ0) is 20.7. The van der Waals surface area contributed by atoms with Crippen molar-refractivity contribution in [3.8, 4) is 11.8 Å². The van der Waals surface area contributed by atoms with Crippen LogP contribution in [-0.4, -0.2) is 23.9 Å². The van der Waals surface area contributed by atoms with E-state index >= 15 is 0 Å². The first-order valence-corrected chi connectivity index (χ1v) is 9.44. The van der Waals surface area contributed by atoms with E-state index in [1.54, 1.807) is 21.4 Å². The topological polar surface area (TPSA) is 104 Å². The summed E-state index contributed by atoms with van der Waals surface area (Å²) >= 11 is 0. The summed E-state index contributed by atoms with van der Waals surface area (Å²) in [7, 11) is 0. The summed E-state index contributed by atoms with van der Waals surface area (Å²) in [5.74, 6) is 0.535. The Hall–Kier alpha value is -4.38. The van der Waals surface area contributed by atoms with Crippen LogP contribution in [0.2, 0.25) is 0 Å². The number of aromatic nitrogens is 5. The number of fused-ring (bicyclic) bond motifs is 2. The van der Waals surface area contributed by atoms with Crippen molar-refractivity contribution in [1.82, 2.24) is 23.9 Å². The third-order valence-electron chi connectivity index (χ3n) is 5.13. The van der Waals surface area contributed by atoms with Crippen LogP contribution in [0.3, 0.4) is 0 Å². The number of rotatable bonds is 4. The molecule has 30 heavy (non-hydrogen) atoms. The molecule has 0 amide bonds. The lowest BCUT2D eigenvalue weighted by Gasteiger charge is -2.21. The van der Waals surface area contributed by atoms with Crippen molar-refractivity contribution in [1.29, 1.82) is 5.26 Å². The molecule has 1 aromatic carbocycles. The first kappa shape index (κ1) is 17.7. The van der Waals surface area contributed by atoms with Crippen LogP contribution in [0.25, 0.3) is 22.2 Å². The number of hydrogen-bond donors (Lipinski definition) is 2. The summed E-state index contributed by atoms with van der Waals surface area (Å²) in [6.45, 7) is 1.96. The van der Waals surface area contributed by atoms with E-state index in [0.717, 1.165) is 16.9 Å². The molecular weight excluding hydrogens is 378 g/mol. The van der Waals surface area contributed by atoms with E-state index in [1.807, 2.05) is 55.5 Å². The molecule has 8 heteroatoms. The summed E-state index contributed by atoms with van der Waals surface area (Å²) < 4.78 is 3.30. The van der Waals surface area contributed by atoms with Gasteiger partial charge in [-0.15, -0.1) is 0 Å². The van der Waals surface area contributed by atoms with Gasteiger partial charge in [0.25, 0.3) is 0 Å². The van der Waals surface area contributed by atoms with Crippen molar-refractivity contribution < 1.29 is 0 Å². The zero-order valence-electron chi connectivity index (χ0n) is 16.1. The van der Waals surface area contributed by atoms with E-state index in [0.29, 0.717) is 22.4 Å². The summed E-state index contributed by atoms with van der Waals surface area (Å²) in [4.78, 5) is 24.8. The van der Waals surface area contributed by atoms with Gasteiger partial charge in [0, 0.05) is 12.4 Å². The van der Waals surface area contributed by atoms with Crippen LogP contribution in [0.15, 0.2) is 72.0 Å². The fourth-order valence-corrected chi connectivity index (χ4v) is 3.71. The van der Waals surface area contributed by atoms with Gasteiger partial charge in [-0.3, -0.25) is 8.97 Å². The van der Waals surface area contributed by atoms with E-state index in [1.165, 1.54) is 6.33 Å². The second-order valence-corrected chi connectivity index (χ2v) is 6.95. The van der Waals surface area contributed by atoms with Gasteiger partial charge in [-0.05, 0) is 37.3 Å². The number of nitrogens with one attached hydrogen (secondary N) is 2. The minimum absolute atomic E-state index is 0.153. The molecule has 5 aromatic rings. The van der Waals surface area contributed by atoms with Gasteiger partial charge in [0.1, 0.15) is 23.9 Å². The molecule has 0 aliphatic rings. The van der Waals surface area contributed by atoms with Gasteiger partial charge < -0.3 is 10.3 Å². The second kappa shape index (κ2) is 6.90. The predicted molar refractivity (Wildman–Crippen MR) is 114 cm³/mol. The summed E-state index contributed by atoms with van der Waals surface area (Å²) in [6, 6.07) is 17.1. The van der Waals surface area contributed by atoms with Gasteiger partial charge in [0.2, 0.25) is 0 Å². The average molecular weight is 395 g/mol. The van der Waals surface area contributed by atoms with Crippen molar-refractivity contribution in [3.63, 3.8) is 0 Å². The smallest absolute Gasteiger partial charge is 0.337 e. The molecular formula is C22H17N7O. The van der Waals surface area contributed by atoms with Gasteiger partial charge in [0.05, 0.1) is 33.9 Å². The highest BCUT2D eigenvalue weighted by Gasteiger charge is 2.19. The highest BCUT2D eigenvalue weighted by Crippen LogP contribution is 2.27. The Bertz CT molecular complexity index is 1470. The summed E-state index contributed by atoms with van der Waals surface area (Å²) in [5, 5.41) is 13.4. The van der Waals surface area contributed by atoms with Crippen LogP contribution in [-0.2, 0) is 0 Å². The molecule has 8 nitrogen and oxygen atoms in total. The number of hydrogen-bond acceptors (Lipinski definition) is 5. The third-order valence-corrected chi connectivity index (χ3v) is 5.13. The molecule has 0 saturated heterocycles. The zero-order valence-corrected chi connectivity index (χ0v) is 16.1. The Morgan fingerprint density at radius 3 is 2.80 bits per heavy atom. The predicted octanol–water partition coefficient (Wildman–Crippen LogP) is 3.41. The SMILES string of the molecule is CC(Nc1ncnc2[nH]cc(C#N)c12)c1cc2cccn2c(=O)n1-c1ccccc1. The largest absolute Gasteiger partial charge is 0.361 e. The normalized spacial score (nSPS) is 12.1. The van der Waals surface area contributed by atoms with Gasteiger partial charge in [0.15, 0.2) is 0 Å². The molecule has 2 N–H and O–H groups in total. The molecule has 0 aliphatic carbocycles. The number of H-pyrrole nitrogens is 1. The van der Waals surface area contributed by atoms with Crippen LogP contribution in [0, 0.1) is 11.3 Å². The van der Waals surface area contributed by atoms with E-state index in [9.17, 15) is 10.1 Å². The van der Waals surface area contributed by atoms with Crippen molar-refractivity contribution in [2.75, 3.05) is 5.32 Å². The van der Waals surface area contributed by atoms with Gasteiger partial charge in [-0.2, -0.15) is 5.26 Å². The van der Waals surface area contributed by atoms with Crippen LogP contribution < -0.4 is 11.0 Å². The van der Waals surface area contributed by atoms with Crippen molar-refractivity contribution >= 4 is 22.4 Å². The standard InChI is InChI=1S/C22H17N7O/c1-14(27-21-19-15(11-23)12-24-20(19)25-13-26-21)18-10-17-8-5-9-28(17)22(30)29(18)16-6-3-2-4-7-16/h2-10,12-14H,1H3,(H2,24,25,26,27). The van der Waals surface area contributed by atoms with Crippen LogP contribution >= 0.6 is 0 Å². The number of nitrogens with zero attached hydrogens (tertiary/aromatic N) is 5. The minimum atomic E-state index is -0.280. The van der Waals surface area contributed by atoms with Crippen molar-refractivity contribution in [3.05, 3.63) is 89.0 Å². The Labute approximate surface area is 171 Å². The third kappa shape index (κ3) is 2.72. The Morgan fingerprint density at radius 1 is 1.17 bits per heavy atom. The number of anilines is 1. The molecule has 4 aromatic heterocycles. The number of para-hydroxylation sites is 1. The van der Waals surface area contributed by atoms with E-state index in [-0.39, 0.29) is 11.7 Å².